The van der Waals surface area contributed by atoms with Crippen LogP contribution in [0, 0.1) is 0 Å². The van der Waals surface area contributed by atoms with Crippen molar-refractivity contribution in [2.24, 2.45) is 11.5 Å². The molecule has 10 nitrogen and oxygen atoms in total. The smallest absolute Gasteiger partial charge is 0.243 e. The van der Waals surface area contributed by atoms with Gasteiger partial charge in [0.2, 0.25) is 23.6 Å². The Hall–Kier alpha value is -3.92. The highest BCUT2D eigenvalue weighted by molar-refractivity contribution is 5.94. The number of unbranched alkanes of at least 4 members (excludes halogenated alkanes) is 1. The van der Waals surface area contributed by atoms with Crippen molar-refractivity contribution in [1.29, 1.82) is 0 Å². The first-order chi connectivity index (χ1) is 18.6. The van der Waals surface area contributed by atoms with E-state index >= 15 is 0 Å². The molecule has 0 saturated heterocycles. The van der Waals surface area contributed by atoms with Gasteiger partial charge in [0.25, 0.3) is 0 Å². The van der Waals surface area contributed by atoms with Gasteiger partial charge in [0, 0.05) is 6.42 Å². The van der Waals surface area contributed by atoms with Gasteiger partial charge in [0.1, 0.15) is 23.9 Å². The first-order valence-corrected chi connectivity index (χ1v) is 13.4. The minimum absolute atomic E-state index is 0.109. The Balaban J connectivity index is 2.14. The van der Waals surface area contributed by atoms with E-state index in [-0.39, 0.29) is 18.6 Å². The van der Waals surface area contributed by atoms with E-state index in [1.54, 1.807) is 12.1 Å². The summed E-state index contributed by atoms with van der Waals surface area (Å²) in [6, 6.07) is 11.9. The first-order valence-electron chi connectivity index (χ1n) is 13.4. The molecule has 0 bridgehead atoms. The second kappa shape index (κ2) is 16.1. The minimum atomic E-state index is -0.995. The van der Waals surface area contributed by atoms with Crippen molar-refractivity contribution in [3.63, 3.8) is 0 Å². The summed E-state index contributed by atoms with van der Waals surface area (Å²) in [6.45, 7) is 3.85. The summed E-state index contributed by atoms with van der Waals surface area (Å²) >= 11 is 0. The largest absolute Gasteiger partial charge is 0.508 e. The normalized spacial score (nSPS) is 13.9. The molecule has 2 aromatic carbocycles. The Bertz CT molecular complexity index is 1080. The zero-order chi connectivity index (χ0) is 28.8. The number of hydrogen-bond donors (Lipinski definition) is 6. The summed E-state index contributed by atoms with van der Waals surface area (Å²) in [5.41, 5.74) is 13.2. The van der Waals surface area contributed by atoms with Crippen LogP contribution in [0.15, 0.2) is 54.6 Å². The number of amides is 4. The molecule has 0 radical (unpaired) electrons. The molecule has 0 aliphatic carbocycles. The number of phenols is 1. The quantitative estimate of drug-likeness (QED) is 0.188. The summed E-state index contributed by atoms with van der Waals surface area (Å²) in [4.78, 5) is 51.3. The summed E-state index contributed by atoms with van der Waals surface area (Å²) in [7, 11) is 0. The van der Waals surface area contributed by atoms with Gasteiger partial charge >= 0.3 is 0 Å². The lowest BCUT2D eigenvalue weighted by Gasteiger charge is -2.25. The fourth-order valence-electron chi connectivity index (χ4n) is 4.11. The molecule has 39 heavy (non-hydrogen) atoms. The first kappa shape index (κ1) is 31.3. The maximum Gasteiger partial charge on any atom is 0.243 e. The van der Waals surface area contributed by atoms with Crippen molar-refractivity contribution in [2.75, 3.05) is 0 Å². The van der Waals surface area contributed by atoms with Crippen LogP contribution in [0.2, 0.25) is 0 Å². The second-order valence-electron chi connectivity index (χ2n) is 9.68. The number of nitrogens with two attached hydrogens (primary N) is 2. The van der Waals surface area contributed by atoms with Crippen LogP contribution < -0.4 is 27.4 Å². The maximum absolute atomic E-state index is 13.3. The van der Waals surface area contributed by atoms with E-state index in [1.807, 2.05) is 44.2 Å². The molecule has 0 unspecified atom stereocenters. The number of aromatic hydroxyl groups is 1. The van der Waals surface area contributed by atoms with Crippen LogP contribution in [-0.2, 0) is 32.0 Å². The Morgan fingerprint density at radius 3 is 1.87 bits per heavy atom. The average Bonchev–Trinajstić information content (AvgIpc) is 2.91. The van der Waals surface area contributed by atoms with Crippen LogP contribution in [0.1, 0.15) is 57.1 Å². The van der Waals surface area contributed by atoms with Crippen molar-refractivity contribution >= 4 is 23.6 Å². The molecule has 2 aromatic rings. The Kier molecular flexibility index (Phi) is 12.9. The number of nitrogens with one attached hydrogen (secondary N) is 3. The van der Waals surface area contributed by atoms with Gasteiger partial charge < -0.3 is 32.5 Å². The SMILES string of the molecule is CCCC[C@H](NC(=O)[C@H](Cc1ccccc1)NC(=O)[C@@H](CCC)NC(=O)[C@@H](N)Cc1ccc(O)cc1)C(N)=O. The standard InChI is InChI=1S/C29H41N5O5/c1-3-5-12-23(26(31)36)32-29(39)25(18-19-10-7-6-8-11-19)34-28(38)24(9-4-2)33-27(37)22(30)17-20-13-15-21(35)16-14-20/h6-8,10-11,13-16,22-25,35H,3-5,9,12,17-18,30H2,1-2H3,(H2,31,36)(H,32,39)(H,33,37)(H,34,38)/t22-,23-,24+,25-/m0/s1. The van der Waals surface area contributed by atoms with Gasteiger partial charge in [-0.3, -0.25) is 19.2 Å². The van der Waals surface area contributed by atoms with Gasteiger partial charge in [-0.25, -0.2) is 0 Å². The lowest BCUT2D eigenvalue weighted by molar-refractivity contribution is -0.133. The van der Waals surface area contributed by atoms with E-state index in [2.05, 4.69) is 16.0 Å². The predicted molar refractivity (Wildman–Crippen MR) is 149 cm³/mol. The molecule has 0 heterocycles. The fourth-order valence-corrected chi connectivity index (χ4v) is 4.11. The molecule has 0 aliphatic heterocycles. The van der Waals surface area contributed by atoms with Crippen LogP contribution in [0.4, 0.5) is 0 Å². The molecule has 0 fully saturated rings. The highest BCUT2D eigenvalue weighted by Crippen LogP contribution is 2.12. The molecule has 4 amide bonds. The molecule has 2 rings (SSSR count). The number of carbonyl (C=O) groups excluding carboxylic acids is 4. The van der Waals surface area contributed by atoms with E-state index in [9.17, 15) is 24.3 Å². The number of hydrogen-bond acceptors (Lipinski definition) is 6. The van der Waals surface area contributed by atoms with Crippen molar-refractivity contribution in [1.82, 2.24) is 16.0 Å². The zero-order valence-corrected chi connectivity index (χ0v) is 22.7. The second-order valence-corrected chi connectivity index (χ2v) is 9.68. The average molecular weight is 540 g/mol. The van der Waals surface area contributed by atoms with E-state index in [0.29, 0.717) is 25.7 Å². The molecular weight excluding hydrogens is 498 g/mol. The van der Waals surface area contributed by atoms with Gasteiger partial charge in [0.05, 0.1) is 6.04 Å². The Morgan fingerprint density at radius 1 is 0.718 bits per heavy atom. The van der Waals surface area contributed by atoms with E-state index in [4.69, 9.17) is 11.5 Å². The lowest BCUT2D eigenvalue weighted by Crippen LogP contribution is -2.58. The van der Waals surface area contributed by atoms with Crippen LogP contribution in [0.3, 0.4) is 0 Å². The van der Waals surface area contributed by atoms with Gasteiger partial charge in [-0.2, -0.15) is 0 Å². The summed E-state index contributed by atoms with van der Waals surface area (Å²) < 4.78 is 0. The molecular formula is C29H41N5O5. The Morgan fingerprint density at radius 2 is 1.28 bits per heavy atom. The van der Waals surface area contributed by atoms with Crippen molar-refractivity contribution in [3.05, 3.63) is 65.7 Å². The molecule has 10 heteroatoms. The zero-order valence-electron chi connectivity index (χ0n) is 22.7. The third-order valence-corrected chi connectivity index (χ3v) is 6.36. The van der Waals surface area contributed by atoms with Crippen LogP contribution >= 0.6 is 0 Å². The number of benzene rings is 2. The molecule has 8 N–H and O–H groups in total. The summed E-state index contributed by atoms with van der Waals surface area (Å²) in [5, 5.41) is 17.6. The Labute approximate surface area is 229 Å². The molecule has 212 valence electrons. The maximum atomic E-state index is 13.3. The molecule has 4 atom stereocenters. The highest BCUT2D eigenvalue weighted by Gasteiger charge is 2.29. The fraction of sp³-hybridized carbons (Fsp3) is 0.448. The number of rotatable bonds is 16. The third kappa shape index (κ3) is 10.8. The van der Waals surface area contributed by atoms with E-state index in [0.717, 1.165) is 17.5 Å². The van der Waals surface area contributed by atoms with Gasteiger partial charge in [0.15, 0.2) is 0 Å². The monoisotopic (exact) mass is 539 g/mol. The van der Waals surface area contributed by atoms with Gasteiger partial charge in [-0.05, 0) is 42.5 Å². The van der Waals surface area contributed by atoms with Gasteiger partial charge in [-0.15, -0.1) is 0 Å². The molecule has 0 spiro atoms. The van der Waals surface area contributed by atoms with Crippen molar-refractivity contribution < 1.29 is 24.3 Å². The van der Waals surface area contributed by atoms with Crippen LogP contribution in [0.5, 0.6) is 5.75 Å². The predicted octanol–water partition coefficient (Wildman–Crippen LogP) is 1.43. The summed E-state index contributed by atoms with van der Waals surface area (Å²) in [5.74, 6) is -2.09. The number of primary amides is 1. The number of carbonyl (C=O) groups is 4. The molecule has 0 aromatic heterocycles. The van der Waals surface area contributed by atoms with Gasteiger partial charge in [-0.1, -0.05) is 75.6 Å². The topological polar surface area (TPSA) is 177 Å². The third-order valence-electron chi connectivity index (χ3n) is 6.36. The van der Waals surface area contributed by atoms with Crippen molar-refractivity contribution in [2.45, 2.75) is 83.0 Å². The van der Waals surface area contributed by atoms with Crippen molar-refractivity contribution in [3.8, 4) is 5.75 Å². The minimum Gasteiger partial charge on any atom is -0.508 e. The van der Waals surface area contributed by atoms with Crippen LogP contribution in [0.25, 0.3) is 0 Å². The number of phenolic OH excluding ortho intramolecular Hbond substituents is 1. The van der Waals surface area contributed by atoms with Crippen LogP contribution in [-0.4, -0.2) is 52.9 Å². The molecule has 0 aliphatic rings. The van der Waals surface area contributed by atoms with E-state index in [1.165, 1.54) is 12.1 Å². The summed E-state index contributed by atoms with van der Waals surface area (Å²) in [6.07, 6.45) is 3.28. The molecule has 0 saturated carbocycles. The highest BCUT2D eigenvalue weighted by atomic mass is 16.3. The lowest BCUT2D eigenvalue weighted by atomic mass is 10.0. The van der Waals surface area contributed by atoms with E-state index < -0.39 is 47.8 Å².